The van der Waals surface area contributed by atoms with Crippen LogP contribution in [-0.2, 0) is 4.79 Å². The minimum atomic E-state index is -0.303. The maximum atomic E-state index is 12.5. The van der Waals surface area contributed by atoms with Gasteiger partial charge in [-0.3, -0.25) is 4.79 Å². The molecule has 0 unspecified atom stereocenters. The molecule has 0 N–H and O–H groups in total. The van der Waals surface area contributed by atoms with E-state index in [2.05, 4.69) is 33.2 Å². The van der Waals surface area contributed by atoms with Crippen molar-refractivity contribution >= 4 is 28.3 Å². The summed E-state index contributed by atoms with van der Waals surface area (Å²) in [7, 11) is 0. The first-order chi connectivity index (χ1) is 11.6. The summed E-state index contributed by atoms with van der Waals surface area (Å²) in [6.07, 6.45) is 0. The molecule has 7 heteroatoms. The fourth-order valence-electron chi connectivity index (χ4n) is 2.01. The molecular formula is C17H12N6O. The van der Waals surface area contributed by atoms with Gasteiger partial charge in [-0.05, 0) is 22.2 Å². The number of Topliss-reactive ketones (excluding diaryl/α,β-unsaturated/α-hetero) is 1. The molecule has 0 bridgehead atoms. The number of azide groups is 2. The summed E-state index contributed by atoms with van der Waals surface area (Å²) < 4.78 is 0. The summed E-state index contributed by atoms with van der Waals surface area (Å²) in [6, 6.07) is 13.0. The molecule has 0 heterocycles. The third-order valence-corrected chi connectivity index (χ3v) is 3.30. The van der Waals surface area contributed by atoms with Crippen molar-refractivity contribution in [3.05, 3.63) is 93.7 Å². The molecule has 116 valence electrons. The standard InChI is InChI=1S/C17H12N6O/c1-11(13-3-7-15(8-4-13)20-22-18)17(24)12(2)14-5-9-16(10-6-14)21-23-19/h3-10H,1-2H2. The summed E-state index contributed by atoms with van der Waals surface area (Å²) in [5.74, 6) is -0.303. The van der Waals surface area contributed by atoms with Gasteiger partial charge in [0.05, 0.1) is 0 Å². The predicted molar refractivity (Wildman–Crippen MR) is 93.6 cm³/mol. The monoisotopic (exact) mass is 316 g/mol. The van der Waals surface area contributed by atoms with Crippen LogP contribution in [0.15, 0.2) is 71.9 Å². The van der Waals surface area contributed by atoms with Crippen LogP contribution in [0.3, 0.4) is 0 Å². The second kappa shape index (κ2) is 7.47. The fraction of sp³-hybridized carbons (Fsp3) is 0. The lowest BCUT2D eigenvalue weighted by molar-refractivity contribution is -0.108. The molecule has 0 aliphatic rings. The Bertz CT molecular complexity index is 824. The van der Waals surface area contributed by atoms with Crippen molar-refractivity contribution in [1.82, 2.24) is 0 Å². The first-order valence-corrected chi connectivity index (χ1v) is 6.80. The van der Waals surface area contributed by atoms with Gasteiger partial charge < -0.3 is 0 Å². The number of carbonyl (C=O) groups excluding carboxylic acids is 1. The molecule has 2 aromatic rings. The van der Waals surface area contributed by atoms with E-state index < -0.39 is 0 Å². The molecule has 2 rings (SSSR count). The van der Waals surface area contributed by atoms with E-state index in [-0.39, 0.29) is 16.9 Å². The number of hydrogen-bond donors (Lipinski definition) is 0. The molecule has 24 heavy (non-hydrogen) atoms. The highest BCUT2D eigenvalue weighted by molar-refractivity contribution is 6.41. The van der Waals surface area contributed by atoms with Crippen molar-refractivity contribution in [2.75, 3.05) is 0 Å². The molecule has 0 radical (unpaired) electrons. The zero-order valence-corrected chi connectivity index (χ0v) is 12.6. The minimum absolute atomic E-state index is 0.284. The Morgan fingerprint density at radius 1 is 0.750 bits per heavy atom. The minimum Gasteiger partial charge on any atom is -0.289 e. The molecule has 0 aliphatic carbocycles. The lowest BCUT2D eigenvalue weighted by atomic mass is 9.94. The number of nitrogens with zero attached hydrogens (tertiary/aromatic N) is 6. The van der Waals surface area contributed by atoms with Crippen LogP contribution in [0.1, 0.15) is 11.1 Å². The second-order valence-electron chi connectivity index (χ2n) is 4.76. The molecule has 0 amide bonds. The van der Waals surface area contributed by atoms with Crippen molar-refractivity contribution in [3.63, 3.8) is 0 Å². The summed E-state index contributed by atoms with van der Waals surface area (Å²) in [5.41, 5.74) is 19.5. The number of carbonyl (C=O) groups is 1. The molecule has 0 fully saturated rings. The third-order valence-electron chi connectivity index (χ3n) is 3.30. The lowest BCUT2D eigenvalue weighted by Gasteiger charge is -2.09. The van der Waals surface area contributed by atoms with Crippen molar-refractivity contribution in [2.24, 2.45) is 10.2 Å². The van der Waals surface area contributed by atoms with Crippen LogP contribution in [0.4, 0.5) is 11.4 Å². The Balaban J connectivity index is 2.20. The first kappa shape index (κ1) is 16.6. The van der Waals surface area contributed by atoms with E-state index >= 15 is 0 Å². The zero-order valence-electron chi connectivity index (χ0n) is 12.6. The SMILES string of the molecule is C=C(C(=O)C(=C)c1ccc(N=[N+]=[N-])cc1)c1ccc(N=[N+]=[N-])cc1. The van der Waals surface area contributed by atoms with E-state index in [1.165, 1.54) is 0 Å². The fourth-order valence-corrected chi connectivity index (χ4v) is 2.01. The Morgan fingerprint density at radius 3 is 1.38 bits per heavy atom. The van der Waals surface area contributed by atoms with E-state index in [0.29, 0.717) is 22.5 Å². The van der Waals surface area contributed by atoms with Gasteiger partial charge in [0, 0.05) is 32.3 Å². The second-order valence-corrected chi connectivity index (χ2v) is 4.76. The summed E-state index contributed by atoms with van der Waals surface area (Å²) >= 11 is 0. The van der Waals surface area contributed by atoms with Crippen molar-refractivity contribution in [1.29, 1.82) is 0 Å². The number of benzene rings is 2. The van der Waals surface area contributed by atoms with E-state index in [4.69, 9.17) is 11.1 Å². The van der Waals surface area contributed by atoms with Crippen LogP contribution in [0.2, 0.25) is 0 Å². The van der Waals surface area contributed by atoms with Gasteiger partial charge in [-0.25, -0.2) is 0 Å². The van der Waals surface area contributed by atoms with Crippen molar-refractivity contribution in [2.45, 2.75) is 0 Å². The van der Waals surface area contributed by atoms with Gasteiger partial charge in [-0.2, -0.15) is 0 Å². The number of rotatable bonds is 6. The smallest absolute Gasteiger partial charge is 0.193 e. The normalized spacial score (nSPS) is 9.33. The average Bonchev–Trinajstić information content (AvgIpc) is 2.62. The molecule has 2 aromatic carbocycles. The molecule has 0 aromatic heterocycles. The Kier molecular flexibility index (Phi) is 5.16. The molecular weight excluding hydrogens is 304 g/mol. The Morgan fingerprint density at radius 2 is 1.08 bits per heavy atom. The van der Waals surface area contributed by atoms with Crippen molar-refractivity contribution < 1.29 is 4.79 Å². The van der Waals surface area contributed by atoms with Gasteiger partial charge in [0.2, 0.25) is 0 Å². The summed E-state index contributed by atoms with van der Waals surface area (Å²) in [4.78, 5) is 17.9. The van der Waals surface area contributed by atoms with E-state index in [1.807, 2.05) is 0 Å². The lowest BCUT2D eigenvalue weighted by Crippen LogP contribution is -2.03. The van der Waals surface area contributed by atoms with Crippen LogP contribution in [-0.4, -0.2) is 5.78 Å². The molecule has 0 saturated carbocycles. The maximum Gasteiger partial charge on any atom is 0.193 e. The highest BCUT2D eigenvalue weighted by Gasteiger charge is 2.14. The van der Waals surface area contributed by atoms with E-state index in [0.717, 1.165) is 0 Å². The Labute approximate surface area is 137 Å². The third kappa shape index (κ3) is 3.69. The van der Waals surface area contributed by atoms with Crippen LogP contribution >= 0.6 is 0 Å². The zero-order chi connectivity index (χ0) is 17.5. The van der Waals surface area contributed by atoms with Crippen LogP contribution in [0.5, 0.6) is 0 Å². The largest absolute Gasteiger partial charge is 0.289 e. The molecule has 7 nitrogen and oxygen atoms in total. The van der Waals surface area contributed by atoms with E-state index in [1.54, 1.807) is 48.5 Å². The average molecular weight is 316 g/mol. The van der Waals surface area contributed by atoms with Crippen LogP contribution in [0, 0.1) is 0 Å². The topological polar surface area (TPSA) is 115 Å². The molecule has 0 atom stereocenters. The summed E-state index contributed by atoms with van der Waals surface area (Å²) in [5, 5.41) is 6.94. The highest BCUT2D eigenvalue weighted by atomic mass is 16.1. The molecule has 0 aliphatic heterocycles. The number of ketones is 1. The maximum absolute atomic E-state index is 12.5. The molecule has 0 spiro atoms. The number of hydrogen-bond acceptors (Lipinski definition) is 3. The summed E-state index contributed by atoms with van der Waals surface area (Å²) in [6.45, 7) is 7.63. The molecule has 0 saturated heterocycles. The van der Waals surface area contributed by atoms with Crippen LogP contribution < -0.4 is 0 Å². The van der Waals surface area contributed by atoms with Gasteiger partial charge in [-0.15, -0.1) is 0 Å². The first-order valence-electron chi connectivity index (χ1n) is 6.80. The Hall–Kier alpha value is -3.79. The predicted octanol–water partition coefficient (Wildman–Crippen LogP) is 5.87. The van der Waals surface area contributed by atoms with Gasteiger partial charge in [0.1, 0.15) is 0 Å². The van der Waals surface area contributed by atoms with Gasteiger partial charge in [0.25, 0.3) is 0 Å². The highest BCUT2D eigenvalue weighted by Crippen LogP contribution is 2.25. The van der Waals surface area contributed by atoms with Crippen molar-refractivity contribution in [3.8, 4) is 0 Å². The van der Waals surface area contributed by atoms with Crippen LogP contribution in [0.25, 0.3) is 32.0 Å². The van der Waals surface area contributed by atoms with E-state index in [9.17, 15) is 4.79 Å². The van der Waals surface area contributed by atoms with Gasteiger partial charge in [-0.1, -0.05) is 71.9 Å². The quantitative estimate of drug-likeness (QED) is 0.282. The van der Waals surface area contributed by atoms with Gasteiger partial charge in [0.15, 0.2) is 5.78 Å². The number of allylic oxidation sites excluding steroid dienone is 2. The van der Waals surface area contributed by atoms with Gasteiger partial charge >= 0.3 is 0 Å².